The summed E-state index contributed by atoms with van der Waals surface area (Å²) < 4.78 is 5.06. The number of ether oxygens (including phenoxy) is 1. The molecule has 3 rings (SSSR count). The molecule has 2 heterocycles. The highest BCUT2D eigenvalue weighted by molar-refractivity contribution is 6.29. The van der Waals surface area contributed by atoms with E-state index in [0.29, 0.717) is 11.7 Å². The molecule has 2 aromatic rings. The number of carbonyl (C=O) groups is 1. The first-order valence-corrected chi connectivity index (χ1v) is 7.43. The second kappa shape index (κ2) is 5.93. The van der Waals surface area contributed by atoms with Crippen LogP contribution in [0, 0.1) is 0 Å². The molecular formula is C16H16ClN3O2. The minimum atomic E-state index is -0.0400. The number of fused-ring (bicyclic) bond motifs is 1. The van der Waals surface area contributed by atoms with Crippen LogP contribution >= 0.6 is 11.6 Å². The monoisotopic (exact) mass is 317 g/mol. The van der Waals surface area contributed by atoms with Gasteiger partial charge in [0.05, 0.1) is 13.5 Å². The highest BCUT2D eigenvalue weighted by Gasteiger charge is 2.30. The largest absolute Gasteiger partial charge is 0.481 e. The molecular weight excluding hydrogens is 302 g/mol. The van der Waals surface area contributed by atoms with Crippen LogP contribution in [0.2, 0.25) is 5.15 Å². The quantitative estimate of drug-likeness (QED) is 0.817. The van der Waals surface area contributed by atoms with Crippen LogP contribution in [0.25, 0.3) is 0 Å². The van der Waals surface area contributed by atoms with Crippen molar-refractivity contribution >= 4 is 23.2 Å². The van der Waals surface area contributed by atoms with Gasteiger partial charge in [-0.25, -0.2) is 4.98 Å². The number of halogens is 1. The molecule has 0 fully saturated rings. The molecule has 1 atom stereocenters. The zero-order valence-electron chi connectivity index (χ0n) is 12.4. The van der Waals surface area contributed by atoms with Gasteiger partial charge in [-0.3, -0.25) is 4.79 Å². The van der Waals surface area contributed by atoms with Gasteiger partial charge in [0.15, 0.2) is 0 Å². The van der Waals surface area contributed by atoms with E-state index in [1.807, 2.05) is 30.0 Å². The van der Waals surface area contributed by atoms with Gasteiger partial charge in [0, 0.05) is 17.8 Å². The lowest BCUT2D eigenvalue weighted by Gasteiger charge is -2.22. The van der Waals surface area contributed by atoms with E-state index < -0.39 is 0 Å². The summed E-state index contributed by atoms with van der Waals surface area (Å²) >= 11 is 5.93. The third-order valence-electron chi connectivity index (χ3n) is 3.71. The average Bonchev–Trinajstić information content (AvgIpc) is 2.82. The number of benzene rings is 1. The Kier molecular flexibility index (Phi) is 3.98. The zero-order valence-corrected chi connectivity index (χ0v) is 13.2. The third kappa shape index (κ3) is 2.76. The zero-order chi connectivity index (χ0) is 15.7. The Hall–Kier alpha value is -2.14. The van der Waals surface area contributed by atoms with Crippen molar-refractivity contribution in [1.82, 2.24) is 9.97 Å². The van der Waals surface area contributed by atoms with E-state index in [2.05, 4.69) is 16.0 Å². The Labute approximate surface area is 133 Å². The van der Waals surface area contributed by atoms with Gasteiger partial charge in [0.2, 0.25) is 11.8 Å². The Balaban J connectivity index is 1.85. The summed E-state index contributed by atoms with van der Waals surface area (Å²) in [6, 6.07) is 9.60. The Morgan fingerprint density at radius 1 is 1.41 bits per heavy atom. The van der Waals surface area contributed by atoms with Gasteiger partial charge in [-0.1, -0.05) is 29.8 Å². The lowest BCUT2D eigenvalue weighted by atomic mass is 10.1. The fraction of sp³-hybridized carbons (Fsp3) is 0.312. The van der Waals surface area contributed by atoms with Crippen molar-refractivity contribution in [2.45, 2.75) is 25.8 Å². The molecule has 0 bridgehead atoms. The smallest absolute Gasteiger partial charge is 0.234 e. The van der Waals surface area contributed by atoms with Gasteiger partial charge in [-0.05, 0) is 25.0 Å². The molecule has 1 aromatic carbocycles. The van der Waals surface area contributed by atoms with Gasteiger partial charge in [0.1, 0.15) is 11.0 Å². The Morgan fingerprint density at radius 3 is 2.95 bits per heavy atom. The second-order valence-corrected chi connectivity index (χ2v) is 5.66. The molecule has 1 unspecified atom stereocenters. The predicted molar refractivity (Wildman–Crippen MR) is 84.4 cm³/mol. The number of para-hydroxylation sites is 1. The van der Waals surface area contributed by atoms with Gasteiger partial charge in [-0.15, -0.1) is 0 Å². The summed E-state index contributed by atoms with van der Waals surface area (Å²) in [7, 11) is 1.50. The van der Waals surface area contributed by atoms with Crippen molar-refractivity contribution in [1.29, 1.82) is 0 Å². The fourth-order valence-corrected chi connectivity index (χ4v) is 2.98. The van der Waals surface area contributed by atoms with Crippen molar-refractivity contribution in [3.63, 3.8) is 0 Å². The van der Waals surface area contributed by atoms with Crippen molar-refractivity contribution < 1.29 is 9.53 Å². The average molecular weight is 318 g/mol. The normalized spacial score (nSPS) is 16.5. The van der Waals surface area contributed by atoms with Crippen LogP contribution in [0.15, 0.2) is 30.3 Å². The number of carbonyl (C=O) groups excluding carboxylic acids is 1. The van der Waals surface area contributed by atoms with Gasteiger partial charge >= 0.3 is 0 Å². The van der Waals surface area contributed by atoms with Gasteiger partial charge in [-0.2, -0.15) is 4.98 Å². The molecule has 114 valence electrons. The molecule has 0 spiro atoms. The molecule has 22 heavy (non-hydrogen) atoms. The summed E-state index contributed by atoms with van der Waals surface area (Å²) in [5, 5.41) is 0.268. The number of amides is 1. The topological polar surface area (TPSA) is 55.3 Å². The van der Waals surface area contributed by atoms with E-state index >= 15 is 0 Å². The molecule has 1 aliphatic heterocycles. The van der Waals surface area contributed by atoms with E-state index in [9.17, 15) is 4.79 Å². The first kappa shape index (κ1) is 14.8. The Bertz CT molecular complexity index is 720. The van der Waals surface area contributed by atoms with Crippen LogP contribution in [0.5, 0.6) is 5.88 Å². The first-order chi connectivity index (χ1) is 10.6. The number of hydrogen-bond donors (Lipinski definition) is 0. The predicted octanol–water partition coefficient (Wildman–Crippen LogP) is 2.66. The van der Waals surface area contributed by atoms with E-state index in [1.165, 1.54) is 18.7 Å². The highest BCUT2D eigenvalue weighted by Crippen LogP contribution is 2.32. The number of methoxy groups -OCH3 is 1. The SMILES string of the molecule is COc1cc(Cl)nc(CC(=O)N2c3ccccc3CC2C)n1. The number of aromatic nitrogens is 2. The maximum absolute atomic E-state index is 12.7. The molecule has 0 radical (unpaired) electrons. The maximum Gasteiger partial charge on any atom is 0.234 e. The van der Waals surface area contributed by atoms with Crippen LogP contribution in [0.4, 0.5) is 5.69 Å². The molecule has 1 aromatic heterocycles. The summed E-state index contributed by atoms with van der Waals surface area (Å²) in [5.74, 6) is 0.686. The van der Waals surface area contributed by atoms with Crippen LogP contribution < -0.4 is 9.64 Å². The van der Waals surface area contributed by atoms with Crippen molar-refractivity contribution in [2.75, 3.05) is 12.0 Å². The molecule has 6 heteroatoms. The molecule has 0 aliphatic carbocycles. The highest BCUT2D eigenvalue weighted by atomic mass is 35.5. The number of rotatable bonds is 3. The van der Waals surface area contributed by atoms with Gasteiger partial charge in [0.25, 0.3) is 0 Å². The molecule has 0 saturated heterocycles. The molecule has 0 saturated carbocycles. The minimum Gasteiger partial charge on any atom is -0.481 e. The van der Waals surface area contributed by atoms with E-state index in [1.54, 1.807) is 0 Å². The first-order valence-electron chi connectivity index (χ1n) is 7.06. The molecule has 5 nitrogen and oxygen atoms in total. The van der Waals surface area contributed by atoms with E-state index in [-0.39, 0.29) is 23.5 Å². The number of anilines is 1. The summed E-state index contributed by atoms with van der Waals surface area (Å²) in [6.07, 6.45) is 0.956. The van der Waals surface area contributed by atoms with Crippen LogP contribution in [0.3, 0.4) is 0 Å². The molecule has 0 N–H and O–H groups in total. The lowest BCUT2D eigenvalue weighted by Crippen LogP contribution is -2.37. The van der Waals surface area contributed by atoms with Crippen LogP contribution in [-0.4, -0.2) is 29.0 Å². The fourth-order valence-electron chi connectivity index (χ4n) is 2.79. The van der Waals surface area contributed by atoms with Gasteiger partial charge < -0.3 is 9.64 Å². The summed E-state index contributed by atoms with van der Waals surface area (Å²) in [5.41, 5.74) is 2.15. The van der Waals surface area contributed by atoms with Crippen molar-refractivity contribution in [2.24, 2.45) is 0 Å². The van der Waals surface area contributed by atoms with Crippen LogP contribution in [-0.2, 0) is 17.6 Å². The number of nitrogens with zero attached hydrogens (tertiary/aromatic N) is 3. The number of hydrogen-bond acceptors (Lipinski definition) is 4. The molecule has 1 amide bonds. The van der Waals surface area contributed by atoms with Crippen molar-refractivity contribution in [3.05, 3.63) is 46.9 Å². The van der Waals surface area contributed by atoms with Crippen LogP contribution in [0.1, 0.15) is 18.3 Å². The lowest BCUT2D eigenvalue weighted by molar-refractivity contribution is -0.118. The summed E-state index contributed by atoms with van der Waals surface area (Å²) in [6.45, 7) is 2.04. The Morgan fingerprint density at radius 2 is 2.18 bits per heavy atom. The standard InChI is InChI=1S/C16H16ClN3O2/c1-10-7-11-5-3-4-6-12(11)20(10)16(21)9-14-18-13(17)8-15(19-14)22-2/h3-6,8,10H,7,9H2,1-2H3. The van der Waals surface area contributed by atoms with E-state index in [0.717, 1.165) is 12.1 Å². The minimum absolute atomic E-state index is 0.0400. The summed E-state index contributed by atoms with van der Waals surface area (Å²) in [4.78, 5) is 22.8. The third-order valence-corrected chi connectivity index (χ3v) is 3.91. The second-order valence-electron chi connectivity index (χ2n) is 5.27. The van der Waals surface area contributed by atoms with E-state index in [4.69, 9.17) is 16.3 Å². The molecule has 1 aliphatic rings. The maximum atomic E-state index is 12.7. The van der Waals surface area contributed by atoms with Crippen molar-refractivity contribution in [3.8, 4) is 5.88 Å².